The molecule has 1 aliphatic rings. The lowest BCUT2D eigenvalue weighted by Crippen LogP contribution is -2.62. The van der Waals surface area contributed by atoms with Crippen molar-refractivity contribution in [3.05, 3.63) is 0 Å². The number of aliphatic hydroxyl groups excluding tert-OH is 8. The van der Waals surface area contributed by atoms with E-state index in [4.69, 9.17) is 19.7 Å². The Hall–Kier alpha value is -1.26. The highest BCUT2D eigenvalue weighted by Gasteiger charge is 2.49. The monoisotopic (exact) mass is 386 g/mol. The first kappa shape index (κ1) is 22.8. The fourth-order valence-electron chi connectivity index (χ4n) is 2.27. The van der Waals surface area contributed by atoms with Crippen LogP contribution in [-0.2, 0) is 19.1 Å². The quantitative estimate of drug-likeness (QED) is 0.168. The van der Waals surface area contributed by atoms with Crippen molar-refractivity contribution in [3.63, 3.8) is 0 Å². The van der Waals surface area contributed by atoms with E-state index in [0.717, 1.165) is 0 Å². The standard InChI is InChI=1S/C13H22O13/c14-1-3(16)5(17)7(19)6(18)4(2-15)25-13-10(22)8(20)9(21)11(26-13)12(23)24/h1,3-11,13,15-22H,2H2,(H,23,24)/t3-,4-,5+,6+,7-,8-,9-,10+,11-,13+/m0/s1. The zero-order valence-corrected chi connectivity index (χ0v) is 13.2. The molecule has 0 unspecified atom stereocenters. The van der Waals surface area contributed by atoms with Crippen LogP contribution in [0.5, 0.6) is 0 Å². The number of carbonyl (C=O) groups excluding carboxylic acids is 1. The summed E-state index contributed by atoms with van der Waals surface area (Å²) >= 11 is 0. The van der Waals surface area contributed by atoms with E-state index >= 15 is 0 Å². The van der Waals surface area contributed by atoms with Crippen LogP contribution in [0.25, 0.3) is 0 Å². The minimum Gasteiger partial charge on any atom is -0.479 e. The van der Waals surface area contributed by atoms with Gasteiger partial charge in [-0.2, -0.15) is 0 Å². The number of aliphatic hydroxyl groups is 8. The number of hydrogen-bond acceptors (Lipinski definition) is 12. The molecule has 0 radical (unpaired) electrons. The molecule has 0 amide bonds. The van der Waals surface area contributed by atoms with Crippen LogP contribution in [0.15, 0.2) is 0 Å². The van der Waals surface area contributed by atoms with Gasteiger partial charge >= 0.3 is 5.97 Å². The highest BCUT2D eigenvalue weighted by atomic mass is 16.7. The highest BCUT2D eigenvalue weighted by Crippen LogP contribution is 2.24. The molecule has 13 nitrogen and oxygen atoms in total. The second kappa shape index (κ2) is 9.61. The van der Waals surface area contributed by atoms with E-state index in [0.29, 0.717) is 0 Å². The number of ether oxygens (including phenoxy) is 2. The molecule has 1 heterocycles. The van der Waals surface area contributed by atoms with Gasteiger partial charge in [-0.25, -0.2) is 4.79 Å². The van der Waals surface area contributed by atoms with Gasteiger partial charge in [0.15, 0.2) is 18.7 Å². The summed E-state index contributed by atoms with van der Waals surface area (Å²) in [6, 6.07) is 0. The molecule has 1 rings (SSSR count). The minimum atomic E-state index is -2.18. The number of carboxylic acids is 1. The van der Waals surface area contributed by atoms with Crippen LogP contribution < -0.4 is 0 Å². The van der Waals surface area contributed by atoms with Crippen molar-refractivity contribution in [2.24, 2.45) is 0 Å². The number of hydrogen-bond donors (Lipinski definition) is 9. The van der Waals surface area contributed by atoms with Gasteiger partial charge < -0.3 is 60.2 Å². The molecule has 152 valence electrons. The van der Waals surface area contributed by atoms with E-state index in [-0.39, 0.29) is 6.29 Å². The van der Waals surface area contributed by atoms with Gasteiger partial charge in [-0.05, 0) is 0 Å². The van der Waals surface area contributed by atoms with E-state index in [1.54, 1.807) is 0 Å². The molecule has 10 atom stereocenters. The average molecular weight is 386 g/mol. The van der Waals surface area contributed by atoms with E-state index in [1.165, 1.54) is 0 Å². The zero-order valence-electron chi connectivity index (χ0n) is 13.2. The van der Waals surface area contributed by atoms with Crippen LogP contribution in [0.2, 0.25) is 0 Å². The first-order valence-corrected chi connectivity index (χ1v) is 7.43. The van der Waals surface area contributed by atoms with Crippen molar-refractivity contribution < 1.29 is 65.0 Å². The van der Waals surface area contributed by atoms with Crippen LogP contribution in [0.3, 0.4) is 0 Å². The number of rotatable bonds is 9. The van der Waals surface area contributed by atoms with Crippen molar-refractivity contribution in [1.29, 1.82) is 0 Å². The molecule has 0 aromatic heterocycles. The molecule has 1 saturated heterocycles. The average Bonchev–Trinajstić information content (AvgIpc) is 2.62. The Morgan fingerprint density at radius 2 is 1.58 bits per heavy atom. The molecule has 0 aliphatic carbocycles. The van der Waals surface area contributed by atoms with Gasteiger partial charge in [0.25, 0.3) is 0 Å². The Morgan fingerprint density at radius 1 is 1.00 bits per heavy atom. The Labute approximate surface area is 146 Å². The SMILES string of the molecule is O=C[C@H](O)[C@@H](O)[C@H](O)[C@H](O)[C@H](CO)O[C@@H]1O[C@H](C(=O)O)[C@@H](O)[C@H](O)[C@H]1O. The fraction of sp³-hybridized carbons (Fsp3) is 0.846. The Morgan fingerprint density at radius 3 is 2.04 bits per heavy atom. The van der Waals surface area contributed by atoms with E-state index < -0.39 is 73.8 Å². The third-order valence-corrected chi connectivity index (χ3v) is 3.87. The molecule has 9 N–H and O–H groups in total. The number of carboxylic acid groups (broad SMARTS) is 1. The molecule has 0 spiro atoms. The van der Waals surface area contributed by atoms with Crippen molar-refractivity contribution in [2.45, 2.75) is 61.2 Å². The van der Waals surface area contributed by atoms with Crippen molar-refractivity contribution >= 4 is 12.3 Å². The van der Waals surface area contributed by atoms with Gasteiger partial charge in [0.2, 0.25) is 0 Å². The molecule has 0 aromatic rings. The molecule has 1 aliphatic heterocycles. The molecule has 13 heteroatoms. The van der Waals surface area contributed by atoms with E-state index in [1.807, 2.05) is 0 Å². The molecular formula is C13H22O13. The first-order chi connectivity index (χ1) is 12.1. The number of aliphatic carboxylic acids is 1. The van der Waals surface area contributed by atoms with Gasteiger partial charge in [-0.3, -0.25) is 0 Å². The smallest absolute Gasteiger partial charge is 0.335 e. The molecule has 1 fully saturated rings. The Bertz CT molecular complexity index is 473. The first-order valence-electron chi connectivity index (χ1n) is 7.43. The summed E-state index contributed by atoms with van der Waals surface area (Å²) < 4.78 is 9.73. The lowest BCUT2D eigenvalue weighted by molar-refractivity contribution is -0.316. The van der Waals surface area contributed by atoms with Crippen LogP contribution >= 0.6 is 0 Å². The number of carbonyl (C=O) groups is 2. The summed E-state index contributed by atoms with van der Waals surface area (Å²) in [7, 11) is 0. The lowest BCUT2D eigenvalue weighted by Gasteiger charge is -2.40. The van der Waals surface area contributed by atoms with Gasteiger partial charge in [0, 0.05) is 0 Å². The van der Waals surface area contributed by atoms with Crippen molar-refractivity contribution in [3.8, 4) is 0 Å². The van der Waals surface area contributed by atoms with Crippen LogP contribution in [-0.4, -0.2) is 126 Å². The molecule has 0 aromatic carbocycles. The third kappa shape index (κ3) is 4.92. The molecule has 0 saturated carbocycles. The summed E-state index contributed by atoms with van der Waals surface area (Å²) in [4.78, 5) is 21.4. The largest absolute Gasteiger partial charge is 0.479 e. The van der Waals surface area contributed by atoms with Crippen molar-refractivity contribution in [1.82, 2.24) is 0 Å². The summed E-state index contributed by atoms with van der Waals surface area (Å²) in [5.41, 5.74) is 0. The van der Waals surface area contributed by atoms with Crippen molar-refractivity contribution in [2.75, 3.05) is 6.61 Å². The fourth-order valence-corrected chi connectivity index (χ4v) is 2.27. The second-order valence-corrected chi connectivity index (χ2v) is 5.69. The lowest BCUT2D eigenvalue weighted by atomic mass is 9.98. The summed E-state index contributed by atoms with van der Waals surface area (Å²) in [6.45, 7) is -1.04. The minimum absolute atomic E-state index is 0.112. The van der Waals surface area contributed by atoms with Gasteiger partial charge in [0.05, 0.1) is 6.61 Å². The van der Waals surface area contributed by atoms with E-state index in [9.17, 15) is 45.3 Å². The predicted molar refractivity (Wildman–Crippen MR) is 76.4 cm³/mol. The normalized spacial score (nSPS) is 35.2. The summed E-state index contributed by atoms with van der Waals surface area (Å²) in [5, 5.41) is 85.4. The Kier molecular flexibility index (Phi) is 8.42. The highest BCUT2D eigenvalue weighted by molar-refractivity contribution is 5.73. The molecule has 26 heavy (non-hydrogen) atoms. The second-order valence-electron chi connectivity index (χ2n) is 5.69. The van der Waals surface area contributed by atoms with Crippen LogP contribution in [0.1, 0.15) is 0 Å². The predicted octanol–water partition coefficient (Wildman–Crippen LogP) is -6.10. The number of aldehydes is 1. The topological polar surface area (TPSA) is 235 Å². The van der Waals surface area contributed by atoms with Gasteiger partial charge in [-0.15, -0.1) is 0 Å². The summed E-state index contributed by atoms with van der Waals surface area (Å²) in [6.07, 6.45) is -20.3. The molecule has 0 bridgehead atoms. The van der Waals surface area contributed by atoms with Crippen LogP contribution in [0.4, 0.5) is 0 Å². The maximum atomic E-state index is 11.0. The van der Waals surface area contributed by atoms with Crippen LogP contribution in [0, 0.1) is 0 Å². The van der Waals surface area contributed by atoms with Gasteiger partial charge in [0.1, 0.15) is 48.8 Å². The molecular weight excluding hydrogens is 364 g/mol. The zero-order chi connectivity index (χ0) is 20.2. The summed E-state index contributed by atoms with van der Waals surface area (Å²) in [5.74, 6) is -1.69. The maximum absolute atomic E-state index is 11.0. The third-order valence-electron chi connectivity index (χ3n) is 3.87. The Balaban J connectivity index is 2.87. The van der Waals surface area contributed by atoms with E-state index in [2.05, 4.69) is 0 Å². The maximum Gasteiger partial charge on any atom is 0.335 e. The van der Waals surface area contributed by atoms with Gasteiger partial charge in [-0.1, -0.05) is 0 Å².